The van der Waals surface area contributed by atoms with Gasteiger partial charge in [0.25, 0.3) is 0 Å². The fourth-order valence-electron chi connectivity index (χ4n) is 6.87. The molecular weight excluding hydrogens is 619 g/mol. The summed E-state index contributed by atoms with van der Waals surface area (Å²) in [6.45, 7) is 7.83. The number of para-hydroxylation sites is 2. The van der Waals surface area contributed by atoms with E-state index < -0.39 is 0 Å². The van der Waals surface area contributed by atoms with Crippen LogP contribution in [0.1, 0.15) is 11.1 Å². The van der Waals surface area contributed by atoms with Gasteiger partial charge >= 0.3 is 0 Å². The summed E-state index contributed by atoms with van der Waals surface area (Å²) in [4.78, 5) is 0. The van der Waals surface area contributed by atoms with E-state index in [0.717, 1.165) is 77.6 Å². The standard InChI is InChI=1S/C49H33NO/c1-3-11-34(4-2)36-18-22-38(23-19-36)41-28-42(39-24-20-37(21-25-39)35-12-6-5-7-13-35)30-43(29-41)40-26-33(32-50)27-44(31-40)45-15-10-16-47-46-14-8-9-17-48(46)51-49(45)47/h3-31H,1-2H2/b34-11+. The van der Waals surface area contributed by atoms with Crippen molar-refractivity contribution in [2.75, 3.05) is 0 Å². The van der Waals surface area contributed by atoms with Crippen molar-refractivity contribution in [2.24, 2.45) is 0 Å². The molecule has 0 saturated heterocycles. The lowest BCUT2D eigenvalue weighted by Gasteiger charge is -2.14. The largest absolute Gasteiger partial charge is 0.455 e. The third-order valence-corrected chi connectivity index (χ3v) is 9.44. The van der Waals surface area contributed by atoms with Gasteiger partial charge in [0, 0.05) is 16.3 Å². The maximum absolute atomic E-state index is 10.2. The van der Waals surface area contributed by atoms with Crippen LogP contribution in [0.3, 0.4) is 0 Å². The van der Waals surface area contributed by atoms with Crippen LogP contribution in [0.4, 0.5) is 0 Å². The highest BCUT2D eigenvalue weighted by molar-refractivity contribution is 6.09. The average molecular weight is 652 g/mol. The van der Waals surface area contributed by atoms with E-state index in [2.05, 4.69) is 141 Å². The maximum atomic E-state index is 10.2. The summed E-state index contributed by atoms with van der Waals surface area (Å²) < 4.78 is 6.40. The summed E-state index contributed by atoms with van der Waals surface area (Å²) in [5.41, 5.74) is 14.9. The molecule has 240 valence electrons. The van der Waals surface area contributed by atoms with Crippen LogP contribution in [0.5, 0.6) is 0 Å². The van der Waals surface area contributed by atoms with Crippen LogP contribution < -0.4 is 0 Å². The first-order valence-electron chi connectivity index (χ1n) is 16.9. The lowest BCUT2D eigenvalue weighted by atomic mass is 9.90. The Morgan fingerprint density at radius 2 is 1.04 bits per heavy atom. The summed E-state index contributed by atoms with van der Waals surface area (Å²) in [6.07, 6.45) is 5.59. The van der Waals surface area contributed by atoms with Crippen LogP contribution >= 0.6 is 0 Å². The van der Waals surface area contributed by atoms with Crippen molar-refractivity contribution in [1.29, 1.82) is 5.26 Å². The van der Waals surface area contributed by atoms with Gasteiger partial charge in [-0.1, -0.05) is 147 Å². The van der Waals surface area contributed by atoms with Gasteiger partial charge in [0.05, 0.1) is 11.6 Å². The zero-order valence-electron chi connectivity index (χ0n) is 28.0. The molecule has 8 rings (SSSR count). The van der Waals surface area contributed by atoms with Gasteiger partial charge < -0.3 is 4.42 Å². The summed E-state index contributed by atoms with van der Waals surface area (Å²) >= 11 is 0. The molecule has 1 heterocycles. The molecule has 2 nitrogen and oxygen atoms in total. The minimum atomic E-state index is 0.588. The monoisotopic (exact) mass is 651 g/mol. The molecule has 8 aromatic rings. The molecule has 0 radical (unpaired) electrons. The summed E-state index contributed by atoms with van der Waals surface area (Å²) in [5.74, 6) is 0. The molecule has 0 amide bonds. The summed E-state index contributed by atoms with van der Waals surface area (Å²) in [5, 5.41) is 12.4. The molecule has 0 spiro atoms. The second-order valence-electron chi connectivity index (χ2n) is 12.6. The molecular formula is C49H33NO. The zero-order chi connectivity index (χ0) is 34.7. The van der Waals surface area contributed by atoms with E-state index in [4.69, 9.17) is 4.42 Å². The second-order valence-corrected chi connectivity index (χ2v) is 12.6. The van der Waals surface area contributed by atoms with E-state index in [9.17, 15) is 5.26 Å². The molecule has 51 heavy (non-hydrogen) atoms. The Bertz CT molecular complexity index is 2650. The van der Waals surface area contributed by atoms with Crippen molar-refractivity contribution in [3.05, 3.63) is 200 Å². The molecule has 0 fully saturated rings. The van der Waals surface area contributed by atoms with Crippen molar-refractivity contribution in [3.63, 3.8) is 0 Å². The van der Waals surface area contributed by atoms with Gasteiger partial charge in [-0.3, -0.25) is 0 Å². The normalized spacial score (nSPS) is 11.4. The molecule has 0 aliphatic rings. The topological polar surface area (TPSA) is 36.9 Å². The minimum absolute atomic E-state index is 0.588. The quantitative estimate of drug-likeness (QED) is 0.153. The second kappa shape index (κ2) is 13.5. The van der Waals surface area contributed by atoms with Crippen molar-refractivity contribution in [1.82, 2.24) is 0 Å². The van der Waals surface area contributed by atoms with E-state index in [1.807, 2.05) is 48.6 Å². The number of nitriles is 1. The molecule has 0 saturated carbocycles. The first kappa shape index (κ1) is 31.3. The third kappa shape index (κ3) is 6.10. The van der Waals surface area contributed by atoms with E-state index in [-0.39, 0.29) is 0 Å². The Hall–Kier alpha value is -6.95. The molecule has 0 N–H and O–H groups in total. The van der Waals surface area contributed by atoms with Gasteiger partial charge in [-0.25, -0.2) is 0 Å². The number of furan rings is 1. The number of rotatable bonds is 8. The highest BCUT2D eigenvalue weighted by Crippen LogP contribution is 2.39. The van der Waals surface area contributed by atoms with Crippen LogP contribution in [0.15, 0.2) is 194 Å². The predicted molar refractivity (Wildman–Crippen MR) is 214 cm³/mol. The van der Waals surface area contributed by atoms with E-state index in [1.54, 1.807) is 6.08 Å². The molecule has 0 bridgehead atoms. The van der Waals surface area contributed by atoms with Crippen molar-refractivity contribution >= 4 is 27.5 Å². The van der Waals surface area contributed by atoms with Crippen molar-refractivity contribution < 1.29 is 4.42 Å². The fourth-order valence-corrected chi connectivity index (χ4v) is 6.87. The smallest absolute Gasteiger partial charge is 0.143 e. The van der Waals surface area contributed by atoms with Crippen LogP contribution in [0, 0.1) is 11.3 Å². The van der Waals surface area contributed by atoms with Gasteiger partial charge in [0.15, 0.2) is 0 Å². The Labute approximate surface area is 298 Å². The molecule has 1 aromatic heterocycles. The molecule has 0 unspecified atom stereocenters. The first-order chi connectivity index (χ1) is 25.1. The van der Waals surface area contributed by atoms with Gasteiger partial charge in [-0.05, 0) is 104 Å². The Kier molecular flexibility index (Phi) is 8.30. The van der Waals surface area contributed by atoms with E-state index in [1.165, 1.54) is 11.1 Å². The molecule has 7 aromatic carbocycles. The average Bonchev–Trinajstić information content (AvgIpc) is 3.59. The summed E-state index contributed by atoms with van der Waals surface area (Å²) in [7, 11) is 0. The number of hydrogen-bond donors (Lipinski definition) is 0. The lowest BCUT2D eigenvalue weighted by molar-refractivity contribution is 0.670. The van der Waals surface area contributed by atoms with Crippen LogP contribution in [0.25, 0.3) is 83.1 Å². The minimum Gasteiger partial charge on any atom is -0.455 e. The van der Waals surface area contributed by atoms with Gasteiger partial charge in [0.2, 0.25) is 0 Å². The van der Waals surface area contributed by atoms with Crippen molar-refractivity contribution in [2.45, 2.75) is 0 Å². The lowest BCUT2D eigenvalue weighted by Crippen LogP contribution is -1.90. The Morgan fingerprint density at radius 1 is 0.510 bits per heavy atom. The summed E-state index contributed by atoms with van der Waals surface area (Å²) in [6, 6.07) is 57.2. The van der Waals surface area contributed by atoms with E-state index >= 15 is 0 Å². The highest BCUT2D eigenvalue weighted by Gasteiger charge is 2.15. The molecule has 2 heteroatoms. The van der Waals surface area contributed by atoms with Crippen molar-refractivity contribution in [3.8, 4) is 61.7 Å². The zero-order valence-corrected chi connectivity index (χ0v) is 28.0. The van der Waals surface area contributed by atoms with Crippen LogP contribution in [-0.2, 0) is 0 Å². The predicted octanol–water partition coefficient (Wildman–Crippen LogP) is 13.5. The van der Waals surface area contributed by atoms with Gasteiger partial charge in [-0.2, -0.15) is 5.26 Å². The number of benzene rings is 7. The van der Waals surface area contributed by atoms with Crippen LogP contribution in [-0.4, -0.2) is 0 Å². The van der Waals surface area contributed by atoms with Crippen LogP contribution in [0.2, 0.25) is 0 Å². The number of hydrogen-bond acceptors (Lipinski definition) is 2. The maximum Gasteiger partial charge on any atom is 0.143 e. The number of allylic oxidation sites excluding steroid dienone is 4. The third-order valence-electron chi connectivity index (χ3n) is 9.44. The highest BCUT2D eigenvalue weighted by atomic mass is 16.3. The number of nitrogens with zero attached hydrogens (tertiary/aromatic N) is 1. The first-order valence-corrected chi connectivity index (χ1v) is 16.9. The van der Waals surface area contributed by atoms with Gasteiger partial charge in [-0.15, -0.1) is 0 Å². The van der Waals surface area contributed by atoms with Gasteiger partial charge in [0.1, 0.15) is 11.2 Å². The SMILES string of the molecule is C=C/C=C(\C=C)c1ccc(-c2cc(-c3ccc(-c4ccccc4)cc3)cc(-c3cc(C#N)cc(-c4cccc5c4oc4ccccc45)c3)c2)cc1. The van der Waals surface area contributed by atoms with E-state index in [0.29, 0.717) is 5.56 Å². The molecule has 0 aliphatic heterocycles. The Balaban J connectivity index is 1.28. The fraction of sp³-hybridized carbons (Fsp3) is 0. The number of fused-ring (bicyclic) bond motifs is 3. The Morgan fingerprint density at radius 3 is 1.71 bits per heavy atom. The molecule has 0 aliphatic carbocycles. The molecule has 0 atom stereocenters.